The molecule has 0 atom stereocenters. The lowest BCUT2D eigenvalue weighted by atomic mass is 9.86. The average Bonchev–Trinajstić information content (AvgIpc) is 3.29. The number of anilines is 1. The SMILES string of the molecule is O=C(C1c2ccccc2Oc2ccccc21)N(Cc1cnc2ccccn12)c1ccccc1. The summed E-state index contributed by atoms with van der Waals surface area (Å²) in [6.45, 7) is 0.399. The maximum atomic E-state index is 14.3. The number of carbonyl (C=O) groups is 1. The Bertz CT molecular complexity index is 1410. The summed E-state index contributed by atoms with van der Waals surface area (Å²) in [5, 5.41) is 0. The van der Waals surface area contributed by atoms with Crippen molar-refractivity contribution >= 4 is 17.2 Å². The zero-order chi connectivity index (χ0) is 22.2. The average molecular weight is 431 g/mol. The van der Waals surface area contributed by atoms with Crippen molar-refractivity contribution in [2.75, 3.05) is 4.90 Å². The first-order valence-corrected chi connectivity index (χ1v) is 10.9. The minimum absolute atomic E-state index is 0.00437. The first-order valence-electron chi connectivity index (χ1n) is 10.9. The summed E-state index contributed by atoms with van der Waals surface area (Å²) in [7, 11) is 0. The fourth-order valence-corrected chi connectivity index (χ4v) is 4.50. The van der Waals surface area contributed by atoms with E-state index in [2.05, 4.69) is 4.98 Å². The molecular formula is C28H21N3O2. The molecule has 5 nitrogen and oxygen atoms in total. The number of carbonyl (C=O) groups excluding carboxylic acids is 1. The second-order valence-corrected chi connectivity index (χ2v) is 8.05. The van der Waals surface area contributed by atoms with Crippen molar-refractivity contribution in [2.45, 2.75) is 12.5 Å². The molecule has 33 heavy (non-hydrogen) atoms. The molecule has 6 rings (SSSR count). The molecule has 5 heteroatoms. The lowest BCUT2D eigenvalue weighted by Crippen LogP contribution is -2.36. The zero-order valence-corrected chi connectivity index (χ0v) is 17.8. The van der Waals surface area contributed by atoms with Crippen LogP contribution in [-0.2, 0) is 11.3 Å². The number of amides is 1. The van der Waals surface area contributed by atoms with Gasteiger partial charge in [-0.05, 0) is 36.4 Å². The molecule has 1 aliphatic rings. The van der Waals surface area contributed by atoms with Gasteiger partial charge >= 0.3 is 0 Å². The third-order valence-corrected chi connectivity index (χ3v) is 6.07. The summed E-state index contributed by atoms with van der Waals surface area (Å²) in [6, 6.07) is 31.3. The van der Waals surface area contributed by atoms with Crippen molar-refractivity contribution in [3.8, 4) is 11.5 Å². The van der Waals surface area contributed by atoms with Gasteiger partial charge in [-0.1, -0.05) is 60.7 Å². The van der Waals surface area contributed by atoms with Gasteiger partial charge < -0.3 is 14.0 Å². The van der Waals surface area contributed by atoms with Gasteiger partial charge in [0.2, 0.25) is 5.91 Å². The molecule has 0 bridgehead atoms. The summed E-state index contributed by atoms with van der Waals surface area (Å²) in [6.07, 6.45) is 3.81. The smallest absolute Gasteiger partial charge is 0.239 e. The molecule has 0 radical (unpaired) electrons. The molecule has 2 aromatic heterocycles. The summed E-state index contributed by atoms with van der Waals surface area (Å²) in [5.41, 5.74) is 4.39. The first kappa shape index (κ1) is 19.3. The fourth-order valence-electron chi connectivity index (χ4n) is 4.50. The molecule has 0 fully saturated rings. The minimum Gasteiger partial charge on any atom is -0.457 e. The van der Waals surface area contributed by atoms with E-state index in [1.807, 2.05) is 119 Å². The van der Waals surface area contributed by atoms with Gasteiger partial charge in [0.1, 0.15) is 17.1 Å². The van der Waals surface area contributed by atoms with E-state index in [0.717, 1.165) is 39.7 Å². The molecular weight excluding hydrogens is 410 g/mol. The molecule has 1 aliphatic heterocycles. The van der Waals surface area contributed by atoms with Crippen LogP contribution >= 0.6 is 0 Å². The van der Waals surface area contributed by atoms with Crippen molar-refractivity contribution < 1.29 is 9.53 Å². The van der Waals surface area contributed by atoms with Crippen LogP contribution in [0.4, 0.5) is 5.69 Å². The largest absolute Gasteiger partial charge is 0.457 e. The molecule has 3 heterocycles. The Morgan fingerprint density at radius 2 is 1.45 bits per heavy atom. The Hall–Kier alpha value is -4.38. The number of benzene rings is 3. The van der Waals surface area contributed by atoms with Crippen molar-refractivity contribution in [3.63, 3.8) is 0 Å². The topological polar surface area (TPSA) is 46.8 Å². The number of rotatable bonds is 4. The van der Waals surface area contributed by atoms with E-state index in [-0.39, 0.29) is 5.91 Å². The van der Waals surface area contributed by atoms with Gasteiger partial charge in [-0.15, -0.1) is 0 Å². The van der Waals surface area contributed by atoms with E-state index in [9.17, 15) is 4.79 Å². The van der Waals surface area contributed by atoms with E-state index < -0.39 is 5.92 Å². The van der Waals surface area contributed by atoms with Crippen LogP contribution in [0.15, 0.2) is 109 Å². The third-order valence-electron chi connectivity index (χ3n) is 6.07. The van der Waals surface area contributed by atoms with Gasteiger partial charge in [-0.25, -0.2) is 4.98 Å². The van der Waals surface area contributed by atoms with E-state index in [4.69, 9.17) is 4.74 Å². The highest BCUT2D eigenvalue weighted by atomic mass is 16.5. The second-order valence-electron chi connectivity index (χ2n) is 8.05. The van der Waals surface area contributed by atoms with E-state index in [0.29, 0.717) is 6.54 Å². The quantitative estimate of drug-likeness (QED) is 0.361. The Morgan fingerprint density at radius 3 is 2.18 bits per heavy atom. The third kappa shape index (κ3) is 3.34. The Kier molecular flexibility index (Phi) is 4.65. The number of ether oxygens (including phenoxy) is 1. The highest BCUT2D eigenvalue weighted by Crippen LogP contribution is 2.45. The number of hydrogen-bond donors (Lipinski definition) is 0. The van der Waals surface area contributed by atoms with Crippen LogP contribution in [0.3, 0.4) is 0 Å². The van der Waals surface area contributed by atoms with E-state index in [1.165, 1.54) is 0 Å². The van der Waals surface area contributed by atoms with Crippen LogP contribution in [-0.4, -0.2) is 15.3 Å². The maximum Gasteiger partial charge on any atom is 0.239 e. The number of hydrogen-bond acceptors (Lipinski definition) is 3. The fraction of sp³-hybridized carbons (Fsp3) is 0.0714. The maximum absolute atomic E-state index is 14.3. The van der Waals surface area contributed by atoms with Gasteiger partial charge in [-0.3, -0.25) is 4.79 Å². The molecule has 1 amide bonds. The van der Waals surface area contributed by atoms with Crippen molar-refractivity contribution in [2.24, 2.45) is 0 Å². The summed E-state index contributed by atoms with van der Waals surface area (Å²) >= 11 is 0. The van der Waals surface area contributed by atoms with Gasteiger partial charge in [0.05, 0.1) is 24.4 Å². The standard InChI is InChI=1S/C28H21N3O2/c32-28(27-22-12-4-6-14-24(22)33-25-15-7-5-13-23(25)27)31(20-10-2-1-3-11-20)19-21-18-29-26-16-8-9-17-30(21)26/h1-18,27H,19H2. The molecule has 3 aromatic carbocycles. The molecule has 0 saturated heterocycles. The number of fused-ring (bicyclic) bond motifs is 3. The number of nitrogens with zero attached hydrogens (tertiary/aromatic N) is 3. The predicted octanol–water partition coefficient (Wildman–Crippen LogP) is 5.81. The van der Waals surface area contributed by atoms with Crippen molar-refractivity contribution in [1.29, 1.82) is 0 Å². The van der Waals surface area contributed by atoms with Crippen molar-refractivity contribution in [3.05, 3.63) is 126 Å². The highest BCUT2D eigenvalue weighted by molar-refractivity contribution is 6.01. The molecule has 0 saturated carbocycles. The van der Waals surface area contributed by atoms with E-state index in [1.54, 1.807) is 0 Å². The lowest BCUT2D eigenvalue weighted by molar-refractivity contribution is -0.119. The predicted molar refractivity (Wildman–Crippen MR) is 128 cm³/mol. The van der Waals surface area contributed by atoms with Gasteiger partial charge in [0, 0.05) is 23.0 Å². The number of imidazole rings is 1. The summed E-state index contributed by atoms with van der Waals surface area (Å²) < 4.78 is 8.14. The van der Waals surface area contributed by atoms with Gasteiger partial charge in [0.25, 0.3) is 0 Å². The number of para-hydroxylation sites is 3. The van der Waals surface area contributed by atoms with Gasteiger partial charge in [0.15, 0.2) is 0 Å². The van der Waals surface area contributed by atoms with Crippen LogP contribution in [0.25, 0.3) is 5.65 Å². The monoisotopic (exact) mass is 431 g/mol. The zero-order valence-electron chi connectivity index (χ0n) is 17.8. The molecule has 0 spiro atoms. The van der Waals surface area contributed by atoms with Crippen LogP contribution in [0.1, 0.15) is 22.7 Å². The van der Waals surface area contributed by atoms with Gasteiger partial charge in [-0.2, -0.15) is 0 Å². The highest BCUT2D eigenvalue weighted by Gasteiger charge is 2.36. The van der Waals surface area contributed by atoms with Crippen LogP contribution in [0.2, 0.25) is 0 Å². The summed E-state index contributed by atoms with van der Waals surface area (Å²) in [5.74, 6) is 0.968. The minimum atomic E-state index is -0.467. The molecule has 0 unspecified atom stereocenters. The first-order chi connectivity index (χ1) is 16.3. The molecule has 5 aromatic rings. The van der Waals surface area contributed by atoms with Crippen LogP contribution in [0.5, 0.6) is 11.5 Å². The normalized spacial score (nSPS) is 12.6. The molecule has 160 valence electrons. The van der Waals surface area contributed by atoms with Crippen molar-refractivity contribution in [1.82, 2.24) is 9.38 Å². The molecule has 0 aliphatic carbocycles. The van der Waals surface area contributed by atoms with Crippen LogP contribution < -0.4 is 9.64 Å². The Labute approximate surface area is 191 Å². The number of aromatic nitrogens is 2. The Balaban J connectivity index is 1.48. The second kappa shape index (κ2) is 7.95. The Morgan fingerprint density at radius 1 is 0.818 bits per heavy atom. The van der Waals surface area contributed by atoms with Crippen LogP contribution in [0, 0.1) is 0 Å². The molecule has 0 N–H and O–H groups in total. The summed E-state index contributed by atoms with van der Waals surface area (Å²) in [4.78, 5) is 20.7. The lowest BCUT2D eigenvalue weighted by Gasteiger charge is -2.32. The van der Waals surface area contributed by atoms with E-state index >= 15 is 0 Å². The number of pyridine rings is 1.